The van der Waals surface area contributed by atoms with Crippen LogP contribution >= 0.6 is 22.9 Å². The lowest BCUT2D eigenvalue weighted by atomic mass is 10.1. The Morgan fingerprint density at radius 2 is 2.17 bits per heavy atom. The van der Waals surface area contributed by atoms with Crippen LogP contribution in [-0.2, 0) is 11.3 Å². The van der Waals surface area contributed by atoms with Gasteiger partial charge in [-0.3, -0.25) is 0 Å². The van der Waals surface area contributed by atoms with Gasteiger partial charge in [-0.15, -0.1) is 11.3 Å². The Balaban J connectivity index is 2.13. The smallest absolute Gasteiger partial charge is 0.0931 e. The molecule has 4 heteroatoms. The number of rotatable bonds is 5. The summed E-state index contributed by atoms with van der Waals surface area (Å²) in [5, 5.41) is 5.58. The van der Waals surface area contributed by atoms with E-state index in [1.165, 1.54) is 5.56 Å². The predicted octanol–water partition coefficient (Wildman–Crippen LogP) is 4.72. The highest BCUT2D eigenvalue weighted by atomic mass is 35.5. The van der Waals surface area contributed by atoms with Crippen molar-refractivity contribution in [3.05, 3.63) is 51.2 Å². The zero-order valence-corrected chi connectivity index (χ0v) is 12.0. The maximum atomic E-state index is 5.96. The number of para-hydroxylation sites is 1. The van der Waals surface area contributed by atoms with Crippen molar-refractivity contribution < 1.29 is 4.74 Å². The number of ether oxygens (including phenoxy) is 1. The molecule has 1 N–H and O–H groups in total. The number of benzene rings is 1. The van der Waals surface area contributed by atoms with Crippen LogP contribution in [0.15, 0.2) is 35.7 Å². The normalized spacial score (nSPS) is 12.4. The van der Waals surface area contributed by atoms with Crippen molar-refractivity contribution in [2.75, 3.05) is 12.4 Å². The lowest BCUT2D eigenvalue weighted by molar-refractivity contribution is 0.185. The van der Waals surface area contributed by atoms with E-state index >= 15 is 0 Å². The summed E-state index contributed by atoms with van der Waals surface area (Å²) in [7, 11) is 1.71. The second kappa shape index (κ2) is 6.23. The first-order chi connectivity index (χ1) is 8.70. The summed E-state index contributed by atoms with van der Waals surface area (Å²) >= 11 is 7.52. The fourth-order valence-corrected chi connectivity index (χ4v) is 2.79. The summed E-state index contributed by atoms with van der Waals surface area (Å²) in [6.45, 7) is 2.74. The summed E-state index contributed by atoms with van der Waals surface area (Å²) in [5.41, 5.74) is 3.47. The molecule has 18 heavy (non-hydrogen) atoms. The van der Waals surface area contributed by atoms with E-state index in [9.17, 15) is 0 Å². The van der Waals surface area contributed by atoms with Crippen molar-refractivity contribution >= 4 is 28.6 Å². The lowest BCUT2D eigenvalue weighted by Gasteiger charge is -2.17. The molecule has 0 aliphatic heterocycles. The van der Waals surface area contributed by atoms with Crippen molar-refractivity contribution in [3.8, 4) is 0 Å². The molecule has 96 valence electrons. The number of thiophene rings is 1. The number of hydrogen-bond donors (Lipinski definition) is 1. The van der Waals surface area contributed by atoms with Crippen LogP contribution in [0.5, 0.6) is 0 Å². The van der Waals surface area contributed by atoms with E-state index in [2.05, 4.69) is 29.8 Å². The van der Waals surface area contributed by atoms with Gasteiger partial charge in [0.1, 0.15) is 0 Å². The molecule has 0 bridgehead atoms. The van der Waals surface area contributed by atoms with E-state index in [1.807, 2.05) is 18.2 Å². The molecule has 1 aromatic carbocycles. The Kier molecular flexibility index (Phi) is 4.64. The first-order valence-electron chi connectivity index (χ1n) is 5.78. The molecule has 0 aliphatic carbocycles. The Hall–Kier alpha value is -1.03. The van der Waals surface area contributed by atoms with Gasteiger partial charge in [0.05, 0.1) is 10.9 Å². The number of nitrogens with one attached hydrogen (secondary N) is 1. The van der Waals surface area contributed by atoms with Crippen LogP contribution in [0.1, 0.15) is 24.1 Å². The number of methoxy groups -OCH3 is 1. The molecule has 1 unspecified atom stereocenters. The van der Waals surface area contributed by atoms with Crippen LogP contribution in [0, 0.1) is 0 Å². The largest absolute Gasteiger partial charge is 0.380 e. The van der Waals surface area contributed by atoms with Crippen LogP contribution in [0.2, 0.25) is 4.34 Å². The van der Waals surface area contributed by atoms with Crippen molar-refractivity contribution in [1.82, 2.24) is 0 Å². The fourth-order valence-electron chi connectivity index (χ4n) is 1.81. The van der Waals surface area contributed by atoms with Gasteiger partial charge in [-0.25, -0.2) is 0 Å². The van der Waals surface area contributed by atoms with Gasteiger partial charge in [0.25, 0.3) is 0 Å². The van der Waals surface area contributed by atoms with Gasteiger partial charge in [0, 0.05) is 24.4 Å². The minimum Gasteiger partial charge on any atom is -0.380 e. The molecule has 0 fully saturated rings. The van der Waals surface area contributed by atoms with Crippen LogP contribution in [0.4, 0.5) is 5.69 Å². The van der Waals surface area contributed by atoms with Crippen LogP contribution in [-0.4, -0.2) is 7.11 Å². The molecule has 1 heterocycles. The van der Waals surface area contributed by atoms with E-state index in [0.717, 1.165) is 15.6 Å². The standard InChI is InChI=1S/C14H16ClNOS/c1-10(12-7-14(15)18-9-12)16-13-6-4-3-5-11(13)8-17-2/h3-7,9-10,16H,8H2,1-2H3. The first kappa shape index (κ1) is 13.4. The zero-order chi connectivity index (χ0) is 13.0. The van der Waals surface area contributed by atoms with E-state index in [4.69, 9.17) is 16.3 Å². The molecule has 0 spiro atoms. The minimum atomic E-state index is 0.228. The maximum Gasteiger partial charge on any atom is 0.0931 e. The molecule has 2 aromatic rings. The third-order valence-electron chi connectivity index (χ3n) is 2.78. The fraction of sp³-hybridized carbons (Fsp3) is 0.286. The summed E-state index contributed by atoms with van der Waals surface area (Å²) in [5.74, 6) is 0. The zero-order valence-electron chi connectivity index (χ0n) is 10.4. The van der Waals surface area contributed by atoms with Gasteiger partial charge >= 0.3 is 0 Å². The quantitative estimate of drug-likeness (QED) is 0.856. The lowest BCUT2D eigenvalue weighted by Crippen LogP contribution is -2.07. The van der Waals surface area contributed by atoms with E-state index < -0.39 is 0 Å². The van der Waals surface area contributed by atoms with Crippen LogP contribution in [0.3, 0.4) is 0 Å². The van der Waals surface area contributed by atoms with Crippen LogP contribution in [0.25, 0.3) is 0 Å². The number of anilines is 1. The Morgan fingerprint density at radius 1 is 1.39 bits per heavy atom. The van der Waals surface area contributed by atoms with E-state index in [-0.39, 0.29) is 6.04 Å². The maximum absolute atomic E-state index is 5.96. The highest BCUT2D eigenvalue weighted by Crippen LogP contribution is 2.28. The van der Waals surface area contributed by atoms with Crippen molar-refractivity contribution in [1.29, 1.82) is 0 Å². The van der Waals surface area contributed by atoms with Gasteiger partial charge in [0.15, 0.2) is 0 Å². The van der Waals surface area contributed by atoms with Gasteiger partial charge in [-0.05, 0) is 30.0 Å². The Morgan fingerprint density at radius 3 is 2.83 bits per heavy atom. The third kappa shape index (κ3) is 3.25. The molecular weight excluding hydrogens is 266 g/mol. The summed E-state index contributed by atoms with van der Waals surface area (Å²) in [6.07, 6.45) is 0. The van der Waals surface area contributed by atoms with E-state index in [1.54, 1.807) is 18.4 Å². The topological polar surface area (TPSA) is 21.3 Å². The average molecular weight is 282 g/mol. The summed E-state index contributed by atoms with van der Waals surface area (Å²) < 4.78 is 6.02. The number of halogens is 1. The SMILES string of the molecule is COCc1ccccc1NC(C)c1csc(Cl)c1. The monoisotopic (exact) mass is 281 g/mol. The van der Waals surface area contributed by atoms with Gasteiger partial charge in [0.2, 0.25) is 0 Å². The molecule has 2 nitrogen and oxygen atoms in total. The van der Waals surface area contributed by atoms with Crippen molar-refractivity contribution in [2.24, 2.45) is 0 Å². The van der Waals surface area contributed by atoms with Crippen molar-refractivity contribution in [2.45, 2.75) is 19.6 Å². The molecule has 0 saturated heterocycles. The molecule has 1 aromatic heterocycles. The molecule has 0 aliphatic rings. The van der Waals surface area contributed by atoms with Gasteiger partial charge < -0.3 is 10.1 Å². The van der Waals surface area contributed by atoms with Crippen molar-refractivity contribution in [3.63, 3.8) is 0 Å². The second-order valence-corrected chi connectivity index (χ2v) is 5.68. The average Bonchev–Trinajstić information content (AvgIpc) is 2.79. The number of hydrogen-bond acceptors (Lipinski definition) is 3. The molecule has 1 atom stereocenters. The summed E-state index contributed by atoms with van der Waals surface area (Å²) in [6, 6.07) is 10.4. The first-order valence-corrected chi connectivity index (χ1v) is 7.03. The Labute approximate surface area is 117 Å². The second-order valence-electron chi connectivity index (χ2n) is 4.14. The van der Waals surface area contributed by atoms with E-state index in [0.29, 0.717) is 6.61 Å². The summed E-state index contributed by atoms with van der Waals surface area (Å²) in [4.78, 5) is 0. The minimum absolute atomic E-state index is 0.228. The predicted molar refractivity (Wildman–Crippen MR) is 78.5 cm³/mol. The molecule has 0 saturated carbocycles. The highest BCUT2D eigenvalue weighted by molar-refractivity contribution is 7.14. The Bertz CT molecular complexity index is 512. The molecule has 0 radical (unpaired) electrons. The molecule has 0 amide bonds. The van der Waals surface area contributed by atoms with Crippen LogP contribution < -0.4 is 5.32 Å². The highest BCUT2D eigenvalue weighted by Gasteiger charge is 2.09. The molecular formula is C14H16ClNOS. The third-order valence-corrected chi connectivity index (χ3v) is 3.89. The molecule has 2 rings (SSSR count). The van der Waals surface area contributed by atoms with Gasteiger partial charge in [-0.2, -0.15) is 0 Å². The van der Waals surface area contributed by atoms with Gasteiger partial charge in [-0.1, -0.05) is 29.8 Å².